The van der Waals surface area contributed by atoms with Crippen LogP contribution in [-0.2, 0) is 0 Å². The molecule has 0 radical (unpaired) electrons. The van der Waals surface area contributed by atoms with Crippen LogP contribution in [0.2, 0.25) is 10.0 Å². The molecule has 12 heavy (non-hydrogen) atoms. The summed E-state index contributed by atoms with van der Waals surface area (Å²) in [5, 5.41) is -0.0709. The molecule has 1 aromatic heterocycles. The number of pyridine rings is 1. The van der Waals surface area contributed by atoms with Crippen LogP contribution in [0.15, 0.2) is 6.07 Å². The van der Waals surface area contributed by atoms with E-state index in [4.69, 9.17) is 23.2 Å². The Morgan fingerprint density at radius 1 is 1.42 bits per heavy atom. The maximum absolute atomic E-state index is 12.2. The molecular weight excluding hydrogens is 322 g/mol. The first-order valence-corrected chi connectivity index (χ1v) is 4.65. The summed E-state index contributed by atoms with van der Waals surface area (Å²) in [7, 11) is 0. The summed E-state index contributed by atoms with van der Waals surface area (Å²) in [6.07, 6.45) is -2.69. The van der Waals surface area contributed by atoms with Gasteiger partial charge in [-0.1, -0.05) is 23.2 Å². The summed E-state index contributed by atoms with van der Waals surface area (Å²) in [4.78, 5) is 3.55. The molecule has 66 valence electrons. The van der Waals surface area contributed by atoms with Crippen molar-refractivity contribution in [3.05, 3.63) is 25.5 Å². The lowest BCUT2D eigenvalue weighted by atomic mass is 10.3. The Morgan fingerprint density at radius 3 is 2.50 bits per heavy atom. The topological polar surface area (TPSA) is 12.9 Å². The van der Waals surface area contributed by atoms with Gasteiger partial charge in [0.05, 0.1) is 10.0 Å². The first-order valence-electron chi connectivity index (χ1n) is 2.82. The number of alkyl halides is 2. The van der Waals surface area contributed by atoms with E-state index in [1.165, 1.54) is 6.07 Å². The fourth-order valence-corrected chi connectivity index (χ4v) is 1.77. The summed E-state index contributed by atoms with van der Waals surface area (Å²) in [6, 6.07) is 1.43. The van der Waals surface area contributed by atoms with Gasteiger partial charge in [0, 0.05) is 0 Å². The van der Waals surface area contributed by atoms with E-state index in [-0.39, 0.29) is 10.0 Å². The molecule has 0 spiro atoms. The van der Waals surface area contributed by atoms with Gasteiger partial charge in [-0.15, -0.1) is 0 Å². The summed E-state index contributed by atoms with van der Waals surface area (Å²) < 4.78 is 24.8. The van der Waals surface area contributed by atoms with Crippen LogP contribution < -0.4 is 0 Å². The molecule has 0 aliphatic rings. The zero-order chi connectivity index (χ0) is 9.30. The molecule has 0 unspecified atom stereocenters. The van der Waals surface area contributed by atoms with Crippen molar-refractivity contribution in [1.29, 1.82) is 0 Å². The van der Waals surface area contributed by atoms with Gasteiger partial charge in [-0.2, -0.15) is 0 Å². The van der Waals surface area contributed by atoms with Crippen molar-refractivity contribution < 1.29 is 8.78 Å². The van der Waals surface area contributed by atoms with E-state index in [0.717, 1.165) is 0 Å². The van der Waals surface area contributed by atoms with Crippen molar-refractivity contribution in [2.45, 2.75) is 6.43 Å². The Balaban J connectivity index is 3.28. The normalized spacial score (nSPS) is 10.8. The monoisotopic (exact) mass is 323 g/mol. The molecule has 1 rings (SSSR count). The van der Waals surface area contributed by atoms with Gasteiger partial charge in [-0.25, -0.2) is 13.8 Å². The molecule has 0 saturated carbocycles. The van der Waals surface area contributed by atoms with Crippen molar-refractivity contribution in [2.24, 2.45) is 0 Å². The number of hydrogen-bond donors (Lipinski definition) is 0. The summed E-state index contributed by atoms with van der Waals surface area (Å²) in [5.41, 5.74) is -0.464. The van der Waals surface area contributed by atoms with E-state index in [0.29, 0.717) is 3.70 Å². The third-order valence-corrected chi connectivity index (χ3v) is 2.46. The highest BCUT2D eigenvalue weighted by molar-refractivity contribution is 14.1. The van der Waals surface area contributed by atoms with E-state index in [1.54, 1.807) is 22.6 Å². The molecule has 0 amide bonds. The second kappa shape index (κ2) is 4.02. The Morgan fingerprint density at radius 2 is 2.00 bits per heavy atom. The maximum Gasteiger partial charge on any atom is 0.281 e. The number of halogens is 5. The Labute approximate surface area is 91.2 Å². The van der Waals surface area contributed by atoms with E-state index >= 15 is 0 Å². The van der Waals surface area contributed by atoms with Crippen molar-refractivity contribution in [3.8, 4) is 0 Å². The largest absolute Gasteiger partial charge is 0.281 e. The molecule has 1 aromatic rings. The lowest BCUT2D eigenvalue weighted by Gasteiger charge is -2.03. The van der Waals surface area contributed by atoms with Gasteiger partial charge in [0.1, 0.15) is 9.39 Å². The fraction of sp³-hybridized carbons (Fsp3) is 0.167. The highest BCUT2D eigenvalue weighted by Crippen LogP contribution is 2.31. The van der Waals surface area contributed by atoms with E-state index < -0.39 is 12.1 Å². The molecule has 0 aromatic carbocycles. The van der Waals surface area contributed by atoms with Gasteiger partial charge in [-0.3, -0.25) is 0 Å². The van der Waals surface area contributed by atoms with Gasteiger partial charge in [0.25, 0.3) is 6.43 Å². The fourth-order valence-electron chi connectivity index (χ4n) is 0.631. The summed E-state index contributed by atoms with van der Waals surface area (Å²) in [5.74, 6) is 0. The SMILES string of the molecule is FC(F)c1nc(I)cc(Cl)c1Cl. The lowest BCUT2D eigenvalue weighted by molar-refractivity contribution is 0.146. The second-order valence-corrected chi connectivity index (χ2v) is 3.82. The van der Waals surface area contributed by atoms with Crippen LogP contribution in [0.1, 0.15) is 12.1 Å². The molecule has 6 heteroatoms. The zero-order valence-corrected chi connectivity index (χ0v) is 9.16. The quantitative estimate of drug-likeness (QED) is 0.563. The van der Waals surface area contributed by atoms with Crippen molar-refractivity contribution >= 4 is 45.8 Å². The standard InChI is InChI=1S/C6H2Cl2F2IN/c7-2-1-3(11)12-5(4(2)8)6(9)10/h1,6H. The zero-order valence-electron chi connectivity index (χ0n) is 5.49. The molecule has 0 aliphatic carbocycles. The Hall–Kier alpha value is 0.320. The van der Waals surface area contributed by atoms with Gasteiger partial charge in [0.2, 0.25) is 0 Å². The van der Waals surface area contributed by atoms with Crippen LogP contribution in [0.4, 0.5) is 8.78 Å². The van der Waals surface area contributed by atoms with Crippen molar-refractivity contribution in [3.63, 3.8) is 0 Å². The summed E-state index contributed by atoms with van der Waals surface area (Å²) in [6.45, 7) is 0. The van der Waals surface area contributed by atoms with E-state index in [1.807, 2.05) is 0 Å². The predicted octanol–water partition coefficient (Wildman–Crippen LogP) is 3.93. The minimum absolute atomic E-state index is 0.103. The lowest BCUT2D eigenvalue weighted by Crippen LogP contribution is -1.94. The first-order chi connectivity index (χ1) is 5.52. The Kier molecular flexibility index (Phi) is 3.48. The minimum atomic E-state index is -2.69. The highest BCUT2D eigenvalue weighted by atomic mass is 127. The van der Waals surface area contributed by atoms with Crippen LogP contribution in [0.3, 0.4) is 0 Å². The smallest absolute Gasteiger partial charge is 0.239 e. The van der Waals surface area contributed by atoms with Crippen molar-refractivity contribution in [2.75, 3.05) is 0 Å². The van der Waals surface area contributed by atoms with Gasteiger partial charge < -0.3 is 0 Å². The molecule has 1 heterocycles. The first kappa shape index (κ1) is 10.4. The van der Waals surface area contributed by atoms with Crippen LogP contribution in [0, 0.1) is 3.70 Å². The van der Waals surface area contributed by atoms with Crippen LogP contribution in [0.5, 0.6) is 0 Å². The Bertz CT molecular complexity index is 306. The minimum Gasteiger partial charge on any atom is -0.239 e. The molecule has 0 N–H and O–H groups in total. The molecule has 1 nitrogen and oxygen atoms in total. The van der Waals surface area contributed by atoms with Crippen molar-refractivity contribution in [1.82, 2.24) is 4.98 Å². The third kappa shape index (κ3) is 2.17. The van der Waals surface area contributed by atoms with Gasteiger partial charge in [-0.05, 0) is 28.7 Å². The van der Waals surface area contributed by atoms with Gasteiger partial charge >= 0.3 is 0 Å². The van der Waals surface area contributed by atoms with E-state index in [9.17, 15) is 8.78 Å². The predicted molar refractivity (Wildman–Crippen MR) is 51.9 cm³/mol. The summed E-state index contributed by atoms with van der Waals surface area (Å²) >= 11 is 12.8. The molecule has 0 atom stereocenters. The number of aromatic nitrogens is 1. The van der Waals surface area contributed by atoms with Crippen LogP contribution in [-0.4, -0.2) is 4.98 Å². The third-order valence-electron chi connectivity index (χ3n) is 1.11. The van der Waals surface area contributed by atoms with Crippen LogP contribution in [0.25, 0.3) is 0 Å². The number of nitrogens with zero attached hydrogens (tertiary/aromatic N) is 1. The number of hydrogen-bond acceptors (Lipinski definition) is 1. The maximum atomic E-state index is 12.2. The molecule has 0 fully saturated rings. The molecular formula is C6H2Cl2F2IN. The number of rotatable bonds is 1. The molecule has 0 aliphatic heterocycles. The highest BCUT2D eigenvalue weighted by Gasteiger charge is 2.16. The van der Waals surface area contributed by atoms with E-state index in [2.05, 4.69) is 4.98 Å². The molecule has 0 saturated heterocycles. The molecule has 0 bridgehead atoms. The van der Waals surface area contributed by atoms with Crippen LogP contribution >= 0.6 is 45.8 Å². The average molecular weight is 324 g/mol. The average Bonchev–Trinajstić information content (AvgIpc) is 1.96. The second-order valence-electron chi connectivity index (χ2n) is 1.93. The van der Waals surface area contributed by atoms with Gasteiger partial charge in [0.15, 0.2) is 0 Å².